The molecule has 0 amide bonds. The van der Waals surface area contributed by atoms with Gasteiger partial charge in [-0.15, -0.1) is 0 Å². The second-order valence-corrected chi connectivity index (χ2v) is 3.33. The normalized spacial score (nSPS) is 9.93. The van der Waals surface area contributed by atoms with Crippen molar-refractivity contribution < 1.29 is 5.11 Å². The Balaban J connectivity index is 2.46. The van der Waals surface area contributed by atoms with Crippen molar-refractivity contribution in [2.75, 3.05) is 12.4 Å². The second-order valence-electron chi connectivity index (χ2n) is 3.33. The van der Waals surface area contributed by atoms with Crippen molar-refractivity contribution in [3.63, 3.8) is 0 Å². The van der Waals surface area contributed by atoms with Gasteiger partial charge in [0.25, 0.3) is 0 Å². The van der Waals surface area contributed by atoms with Crippen molar-refractivity contribution in [3.8, 4) is 16.9 Å². The molecule has 15 heavy (non-hydrogen) atoms. The molecule has 0 bridgehead atoms. The van der Waals surface area contributed by atoms with E-state index in [1.165, 1.54) is 0 Å². The number of anilines is 1. The van der Waals surface area contributed by atoms with Crippen LogP contribution in [0.2, 0.25) is 0 Å². The van der Waals surface area contributed by atoms with Crippen LogP contribution in [-0.2, 0) is 0 Å². The van der Waals surface area contributed by atoms with Gasteiger partial charge in [0.2, 0.25) is 0 Å². The Kier molecular flexibility index (Phi) is 2.59. The first kappa shape index (κ1) is 9.59. The van der Waals surface area contributed by atoms with Gasteiger partial charge in [0.1, 0.15) is 0 Å². The van der Waals surface area contributed by atoms with E-state index in [-0.39, 0.29) is 5.75 Å². The highest BCUT2D eigenvalue weighted by Gasteiger charge is 1.97. The Morgan fingerprint density at radius 3 is 2.33 bits per heavy atom. The SMILES string of the molecule is CNc1cc(-c2ccccc2)ccc1[O-]. The van der Waals surface area contributed by atoms with Crippen LogP contribution >= 0.6 is 0 Å². The molecular formula is C13H12NO-. The van der Waals surface area contributed by atoms with E-state index in [1.807, 2.05) is 42.5 Å². The minimum Gasteiger partial charge on any atom is -0.871 e. The van der Waals surface area contributed by atoms with Crippen molar-refractivity contribution in [1.82, 2.24) is 0 Å². The van der Waals surface area contributed by atoms with Crippen LogP contribution in [0.5, 0.6) is 5.75 Å². The standard InChI is InChI=1S/C13H13NO/c1-14-12-9-11(7-8-13(12)15)10-5-3-2-4-6-10/h2-9,14-15H,1H3/p-1. The van der Waals surface area contributed by atoms with Gasteiger partial charge in [-0.05, 0) is 17.2 Å². The minimum absolute atomic E-state index is 0.0252. The molecule has 0 heterocycles. The molecule has 0 atom stereocenters. The minimum atomic E-state index is 0.0252. The topological polar surface area (TPSA) is 35.1 Å². The summed E-state index contributed by atoms with van der Waals surface area (Å²) in [6.07, 6.45) is 0. The van der Waals surface area contributed by atoms with Crippen molar-refractivity contribution in [2.24, 2.45) is 0 Å². The van der Waals surface area contributed by atoms with E-state index in [1.54, 1.807) is 13.1 Å². The van der Waals surface area contributed by atoms with E-state index in [9.17, 15) is 5.11 Å². The van der Waals surface area contributed by atoms with E-state index in [4.69, 9.17) is 0 Å². The number of rotatable bonds is 2. The second kappa shape index (κ2) is 4.05. The highest BCUT2D eigenvalue weighted by atomic mass is 16.3. The van der Waals surface area contributed by atoms with E-state index in [0.29, 0.717) is 5.69 Å². The van der Waals surface area contributed by atoms with Crippen LogP contribution in [0.1, 0.15) is 0 Å². The maximum Gasteiger partial charge on any atom is 0.0264 e. The monoisotopic (exact) mass is 198 g/mol. The zero-order valence-electron chi connectivity index (χ0n) is 8.53. The molecule has 2 nitrogen and oxygen atoms in total. The highest BCUT2D eigenvalue weighted by Crippen LogP contribution is 2.27. The summed E-state index contributed by atoms with van der Waals surface area (Å²) < 4.78 is 0. The van der Waals surface area contributed by atoms with Crippen molar-refractivity contribution in [3.05, 3.63) is 48.5 Å². The first-order valence-corrected chi connectivity index (χ1v) is 4.85. The van der Waals surface area contributed by atoms with Crippen LogP contribution in [0, 0.1) is 0 Å². The van der Waals surface area contributed by atoms with E-state index in [0.717, 1.165) is 11.1 Å². The Hall–Kier alpha value is -1.96. The van der Waals surface area contributed by atoms with Crippen LogP contribution in [0.25, 0.3) is 11.1 Å². The van der Waals surface area contributed by atoms with Gasteiger partial charge in [-0.3, -0.25) is 0 Å². The molecule has 2 aromatic rings. The zero-order chi connectivity index (χ0) is 10.7. The lowest BCUT2D eigenvalue weighted by Crippen LogP contribution is -1.97. The van der Waals surface area contributed by atoms with Crippen molar-refractivity contribution in [2.45, 2.75) is 0 Å². The lowest BCUT2D eigenvalue weighted by atomic mass is 10.0. The summed E-state index contributed by atoms with van der Waals surface area (Å²) in [6, 6.07) is 15.3. The van der Waals surface area contributed by atoms with Gasteiger partial charge in [0.05, 0.1) is 0 Å². The fourth-order valence-corrected chi connectivity index (χ4v) is 1.54. The van der Waals surface area contributed by atoms with Crippen LogP contribution in [0.15, 0.2) is 48.5 Å². The molecule has 0 spiro atoms. The smallest absolute Gasteiger partial charge is 0.0264 e. The molecular weight excluding hydrogens is 186 g/mol. The summed E-state index contributed by atoms with van der Waals surface area (Å²) in [5.41, 5.74) is 2.81. The molecule has 0 saturated carbocycles. The average Bonchev–Trinajstić information content (AvgIpc) is 2.31. The van der Waals surface area contributed by atoms with Crippen LogP contribution in [-0.4, -0.2) is 7.05 Å². The van der Waals surface area contributed by atoms with Gasteiger partial charge in [0.15, 0.2) is 0 Å². The van der Waals surface area contributed by atoms with Gasteiger partial charge in [0, 0.05) is 12.7 Å². The summed E-state index contributed by atoms with van der Waals surface area (Å²) in [6.45, 7) is 0. The molecule has 2 rings (SSSR count). The highest BCUT2D eigenvalue weighted by molar-refractivity contribution is 5.71. The van der Waals surface area contributed by atoms with E-state index >= 15 is 0 Å². The first-order valence-electron chi connectivity index (χ1n) is 4.85. The molecule has 0 unspecified atom stereocenters. The third-order valence-electron chi connectivity index (χ3n) is 2.36. The molecule has 0 aliphatic heterocycles. The van der Waals surface area contributed by atoms with Crippen LogP contribution < -0.4 is 10.4 Å². The summed E-state index contributed by atoms with van der Waals surface area (Å²) in [4.78, 5) is 0. The third-order valence-corrected chi connectivity index (χ3v) is 2.36. The average molecular weight is 198 g/mol. The summed E-state index contributed by atoms with van der Waals surface area (Å²) in [5.74, 6) is 0.0252. The predicted octanol–water partition coefficient (Wildman–Crippen LogP) is 2.47. The molecule has 0 saturated heterocycles. The van der Waals surface area contributed by atoms with Gasteiger partial charge in [-0.25, -0.2) is 0 Å². The van der Waals surface area contributed by atoms with Gasteiger partial charge in [-0.2, -0.15) is 0 Å². The third kappa shape index (κ3) is 1.94. The van der Waals surface area contributed by atoms with Crippen molar-refractivity contribution >= 4 is 5.69 Å². The molecule has 2 aromatic carbocycles. The molecule has 0 aliphatic rings. The maximum absolute atomic E-state index is 11.4. The van der Waals surface area contributed by atoms with Gasteiger partial charge >= 0.3 is 0 Å². The lowest BCUT2D eigenvalue weighted by molar-refractivity contribution is -0.267. The molecule has 2 heteroatoms. The number of nitrogens with one attached hydrogen (secondary N) is 1. The Morgan fingerprint density at radius 1 is 0.933 bits per heavy atom. The Morgan fingerprint density at radius 2 is 1.67 bits per heavy atom. The quantitative estimate of drug-likeness (QED) is 0.804. The fourth-order valence-electron chi connectivity index (χ4n) is 1.54. The largest absolute Gasteiger partial charge is 0.871 e. The lowest BCUT2D eigenvalue weighted by Gasteiger charge is -2.14. The molecule has 0 radical (unpaired) electrons. The zero-order valence-corrected chi connectivity index (χ0v) is 8.53. The van der Waals surface area contributed by atoms with Crippen molar-refractivity contribution in [1.29, 1.82) is 0 Å². The Labute approximate surface area is 89.2 Å². The van der Waals surface area contributed by atoms with E-state index < -0.39 is 0 Å². The molecule has 76 valence electrons. The van der Waals surface area contributed by atoms with E-state index in [2.05, 4.69) is 5.32 Å². The van der Waals surface area contributed by atoms with Gasteiger partial charge < -0.3 is 10.4 Å². The number of hydrogen-bond donors (Lipinski definition) is 1. The molecule has 0 aliphatic carbocycles. The maximum atomic E-state index is 11.4. The molecule has 0 fully saturated rings. The fraction of sp³-hybridized carbons (Fsp3) is 0.0769. The molecule has 0 aromatic heterocycles. The Bertz CT molecular complexity index is 451. The predicted molar refractivity (Wildman–Crippen MR) is 60.9 cm³/mol. The molecule has 1 N–H and O–H groups in total. The first-order chi connectivity index (χ1) is 7.31. The van der Waals surface area contributed by atoms with Gasteiger partial charge in [-0.1, -0.05) is 48.2 Å². The summed E-state index contributed by atoms with van der Waals surface area (Å²) in [7, 11) is 1.76. The van der Waals surface area contributed by atoms with Crippen LogP contribution in [0.4, 0.5) is 5.69 Å². The number of benzene rings is 2. The summed E-state index contributed by atoms with van der Waals surface area (Å²) in [5, 5.41) is 14.3. The number of hydrogen-bond acceptors (Lipinski definition) is 2. The van der Waals surface area contributed by atoms with Crippen LogP contribution in [0.3, 0.4) is 0 Å². The summed E-state index contributed by atoms with van der Waals surface area (Å²) >= 11 is 0.